The number of hydrogen-bond acceptors (Lipinski definition) is 5. The summed E-state index contributed by atoms with van der Waals surface area (Å²) in [7, 11) is 0. The van der Waals surface area contributed by atoms with Gasteiger partial charge in [-0.05, 0) is 17.5 Å². The standard InChI is InChI=1S/C19H14N2O5/c22-18(20-17-10-4-6-13-5-1-2-9-16(13)17)12-26-19(23)14-7-3-8-15(11-14)21(24)25/h1-11H,12H2,(H,20,22). The van der Waals surface area contributed by atoms with Crippen LogP contribution >= 0.6 is 0 Å². The van der Waals surface area contributed by atoms with Gasteiger partial charge in [0.25, 0.3) is 11.6 Å². The Hall–Kier alpha value is -3.74. The number of esters is 1. The van der Waals surface area contributed by atoms with Gasteiger partial charge in [0.2, 0.25) is 0 Å². The Labute approximate surface area is 148 Å². The highest BCUT2D eigenvalue weighted by molar-refractivity contribution is 6.03. The van der Waals surface area contributed by atoms with Gasteiger partial charge in [0.1, 0.15) is 0 Å². The molecule has 0 aliphatic heterocycles. The van der Waals surface area contributed by atoms with Crippen molar-refractivity contribution in [1.82, 2.24) is 0 Å². The van der Waals surface area contributed by atoms with Crippen molar-refractivity contribution in [3.05, 3.63) is 82.4 Å². The van der Waals surface area contributed by atoms with E-state index in [9.17, 15) is 19.7 Å². The van der Waals surface area contributed by atoms with Crippen molar-refractivity contribution in [3.8, 4) is 0 Å². The Bertz CT molecular complexity index is 995. The highest BCUT2D eigenvalue weighted by Gasteiger charge is 2.14. The van der Waals surface area contributed by atoms with Crippen molar-refractivity contribution < 1.29 is 19.2 Å². The maximum Gasteiger partial charge on any atom is 0.338 e. The first-order valence-electron chi connectivity index (χ1n) is 7.74. The third-order valence-corrected chi connectivity index (χ3v) is 3.69. The van der Waals surface area contributed by atoms with Crippen LogP contribution in [0.25, 0.3) is 10.8 Å². The SMILES string of the molecule is O=C(COC(=O)c1cccc([N+](=O)[O-])c1)Nc1cccc2ccccc12. The van der Waals surface area contributed by atoms with Crippen molar-refractivity contribution in [1.29, 1.82) is 0 Å². The van der Waals surface area contributed by atoms with E-state index in [2.05, 4.69) is 5.32 Å². The number of amides is 1. The first-order chi connectivity index (χ1) is 12.5. The molecule has 3 rings (SSSR count). The zero-order chi connectivity index (χ0) is 18.5. The number of nitrogens with one attached hydrogen (secondary N) is 1. The molecule has 0 atom stereocenters. The highest BCUT2D eigenvalue weighted by atomic mass is 16.6. The maximum absolute atomic E-state index is 12.1. The quantitative estimate of drug-likeness (QED) is 0.431. The molecule has 1 N–H and O–H groups in total. The van der Waals surface area contributed by atoms with Gasteiger partial charge in [0.05, 0.1) is 10.5 Å². The zero-order valence-corrected chi connectivity index (χ0v) is 13.5. The minimum absolute atomic E-state index is 0.0113. The molecule has 0 unspecified atom stereocenters. The van der Waals surface area contributed by atoms with Gasteiger partial charge in [-0.25, -0.2) is 4.79 Å². The van der Waals surface area contributed by atoms with Gasteiger partial charge in [-0.2, -0.15) is 0 Å². The fraction of sp³-hybridized carbons (Fsp3) is 0.0526. The van der Waals surface area contributed by atoms with E-state index in [0.717, 1.165) is 16.8 Å². The molecule has 3 aromatic rings. The second-order valence-corrected chi connectivity index (χ2v) is 5.46. The molecule has 26 heavy (non-hydrogen) atoms. The average molecular weight is 350 g/mol. The van der Waals surface area contributed by atoms with Crippen LogP contribution in [0.3, 0.4) is 0 Å². The van der Waals surface area contributed by atoms with Crippen LogP contribution in [-0.4, -0.2) is 23.4 Å². The monoisotopic (exact) mass is 350 g/mol. The van der Waals surface area contributed by atoms with E-state index in [1.807, 2.05) is 36.4 Å². The minimum atomic E-state index is -0.804. The Kier molecular flexibility index (Phi) is 4.89. The van der Waals surface area contributed by atoms with Crippen LogP contribution in [0.1, 0.15) is 10.4 Å². The van der Waals surface area contributed by atoms with E-state index in [1.165, 1.54) is 18.2 Å². The smallest absolute Gasteiger partial charge is 0.338 e. The molecule has 1 amide bonds. The second kappa shape index (κ2) is 7.43. The number of nitrogens with zero attached hydrogens (tertiary/aromatic N) is 1. The molecular formula is C19H14N2O5. The van der Waals surface area contributed by atoms with Gasteiger partial charge in [0.15, 0.2) is 6.61 Å². The summed E-state index contributed by atoms with van der Waals surface area (Å²) in [6, 6.07) is 18.2. The van der Waals surface area contributed by atoms with Gasteiger partial charge in [0, 0.05) is 23.2 Å². The number of anilines is 1. The molecule has 0 saturated heterocycles. The Morgan fingerprint density at radius 3 is 2.54 bits per heavy atom. The number of carbonyl (C=O) groups is 2. The molecule has 0 bridgehead atoms. The summed E-state index contributed by atoms with van der Waals surface area (Å²) in [5, 5.41) is 15.3. The molecule has 0 aliphatic rings. The summed E-state index contributed by atoms with van der Waals surface area (Å²) in [5.74, 6) is -1.30. The molecule has 0 aliphatic carbocycles. The fourth-order valence-electron chi connectivity index (χ4n) is 2.48. The third kappa shape index (κ3) is 3.84. The highest BCUT2D eigenvalue weighted by Crippen LogP contribution is 2.22. The molecule has 3 aromatic carbocycles. The van der Waals surface area contributed by atoms with Gasteiger partial charge in [-0.15, -0.1) is 0 Å². The summed E-state index contributed by atoms with van der Waals surface area (Å²) in [5.41, 5.74) is 0.399. The number of nitro benzene ring substituents is 1. The molecule has 0 fully saturated rings. The van der Waals surface area contributed by atoms with Gasteiger partial charge in [-0.3, -0.25) is 14.9 Å². The molecule has 0 radical (unpaired) electrons. The topological polar surface area (TPSA) is 98.5 Å². The number of fused-ring (bicyclic) bond motifs is 1. The third-order valence-electron chi connectivity index (χ3n) is 3.69. The lowest BCUT2D eigenvalue weighted by atomic mass is 10.1. The van der Waals surface area contributed by atoms with Crippen LogP contribution in [0.5, 0.6) is 0 Å². The average Bonchev–Trinajstić information content (AvgIpc) is 2.66. The normalized spacial score (nSPS) is 10.3. The molecule has 0 spiro atoms. The van der Waals surface area contributed by atoms with Crippen LogP contribution in [0, 0.1) is 10.1 Å². The van der Waals surface area contributed by atoms with Crippen molar-refractivity contribution in [2.45, 2.75) is 0 Å². The van der Waals surface area contributed by atoms with Crippen molar-refractivity contribution >= 4 is 34.0 Å². The van der Waals surface area contributed by atoms with Gasteiger partial charge < -0.3 is 10.1 Å². The molecular weight excluding hydrogens is 336 g/mol. The first-order valence-corrected chi connectivity index (χ1v) is 7.74. The minimum Gasteiger partial charge on any atom is -0.452 e. The lowest BCUT2D eigenvalue weighted by Gasteiger charge is -2.09. The van der Waals surface area contributed by atoms with Crippen LogP contribution in [0.15, 0.2) is 66.7 Å². The van der Waals surface area contributed by atoms with E-state index in [4.69, 9.17) is 4.74 Å². The van der Waals surface area contributed by atoms with E-state index in [0.29, 0.717) is 5.69 Å². The lowest BCUT2D eigenvalue weighted by Crippen LogP contribution is -2.21. The van der Waals surface area contributed by atoms with E-state index < -0.39 is 23.4 Å². The Balaban J connectivity index is 1.64. The molecule has 0 heterocycles. The molecule has 130 valence electrons. The van der Waals surface area contributed by atoms with Crippen LogP contribution < -0.4 is 5.32 Å². The molecule has 0 saturated carbocycles. The fourth-order valence-corrected chi connectivity index (χ4v) is 2.48. The van der Waals surface area contributed by atoms with E-state index in [1.54, 1.807) is 6.07 Å². The number of ether oxygens (including phenoxy) is 1. The summed E-state index contributed by atoms with van der Waals surface area (Å²) in [4.78, 5) is 34.2. The predicted molar refractivity (Wildman–Crippen MR) is 96.0 cm³/mol. The van der Waals surface area contributed by atoms with Crippen molar-refractivity contribution in [2.75, 3.05) is 11.9 Å². The lowest BCUT2D eigenvalue weighted by molar-refractivity contribution is -0.384. The number of nitro groups is 1. The molecule has 0 aromatic heterocycles. The zero-order valence-electron chi connectivity index (χ0n) is 13.5. The first kappa shape index (κ1) is 17.1. The Morgan fingerprint density at radius 1 is 1.00 bits per heavy atom. The number of benzene rings is 3. The number of carbonyl (C=O) groups excluding carboxylic acids is 2. The number of non-ortho nitro benzene ring substituents is 1. The second-order valence-electron chi connectivity index (χ2n) is 5.46. The van der Waals surface area contributed by atoms with Crippen LogP contribution in [0.4, 0.5) is 11.4 Å². The summed E-state index contributed by atoms with van der Waals surface area (Å²) < 4.78 is 4.94. The summed E-state index contributed by atoms with van der Waals surface area (Å²) in [6.45, 7) is -0.495. The van der Waals surface area contributed by atoms with E-state index in [-0.39, 0.29) is 11.3 Å². The largest absolute Gasteiger partial charge is 0.452 e. The van der Waals surface area contributed by atoms with Crippen LogP contribution in [-0.2, 0) is 9.53 Å². The Morgan fingerprint density at radius 2 is 1.73 bits per heavy atom. The van der Waals surface area contributed by atoms with E-state index >= 15 is 0 Å². The maximum atomic E-state index is 12.1. The predicted octanol–water partition coefficient (Wildman–Crippen LogP) is 3.54. The van der Waals surface area contributed by atoms with Crippen LogP contribution in [0.2, 0.25) is 0 Å². The van der Waals surface area contributed by atoms with Gasteiger partial charge in [-0.1, -0.05) is 42.5 Å². The molecule has 7 heteroatoms. The van der Waals surface area contributed by atoms with Crippen molar-refractivity contribution in [2.24, 2.45) is 0 Å². The van der Waals surface area contributed by atoms with Gasteiger partial charge >= 0.3 is 5.97 Å². The number of rotatable bonds is 5. The molecule has 7 nitrogen and oxygen atoms in total. The summed E-state index contributed by atoms with van der Waals surface area (Å²) >= 11 is 0. The number of hydrogen-bond donors (Lipinski definition) is 1. The summed E-state index contributed by atoms with van der Waals surface area (Å²) in [6.07, 6.45) is 0. The van der Waals surface area contributed by atoms with Crippen molar-refractivity contribution in [3.63, 3.8) is 0 Å².